The maximum atomic E-state index is 14.4. The second-order valence-corrected chi connectivity index (χ2v) is 30.5. The quantitative estimate of drug-likeness (QED) is 0.0797. The number of carbonyl (C=O) groups excluding carboxylic acids is 4. The Balaban J connectivity index is 0.000000454. The van der Waals surface area contributed by atoms with Crippen molar-refractivity contribution in [3.05, 3.63) is 83.3 Å². The lowest BCUT2D eigenvalue weighted by atomic mass is 9.71. The van der Waals surface area contributed by atoms with Gasteiger partial charge in [0.15, 0.2) is 60.2 Å². The van der Waals surface area contributed by atoms with Crippen molar-refractivity contribution in [2.75, 3.05) is 26.2 Å². The second kappa shape index (κ2) is 32.5. The molecule has 4 aromatic heterocycles. The van der Waals surface area contributed by atoms with Gasteiger partial charge in [-0.05, 0) is 164 Å². The Morgan fingerprint density at radius 1 is 0.394 bits per heavy atom. The number of amides is 4. The van der Waals surface area contributed by atoms with Crippen molar-refractivity contribution in [2.45, 2.75) is 84.4 Å². The number of carboxylic acid groups (broad SMARTS) is 4. The number of aliphatic carboxylic acids is 4. The van der Waals surface area contributed by atoms with E-state index in [4.69, 9.17) is 64.6 Å². The monoisotopic (exact) mass is 2090 g/mol. The van der Waals surface area contributed by atoms with Gasteiger partial charge >= 0.3 is 48.6 Å². The third-order valence-corrected chi connectivity index (χ3v) is 24.6. The molecule has 16 atom stereocenters. The molecule has 26 N–H and O–H groups in total. The highest BCUT2D eigenvalue weighted by Crippen LogP contribution is 2.62. The second-order valence-electron chi connectivity index (χ2n) is 23.9. The molecule has 109 heavy (non-hydrogen) atoms. The highest BCUT2D eigenvalue weighted by molar-refractivity contribution is 9.14. The largest absolute Gasteiger partial charge is 0.490 e. The van der Waals surface area contributed by atoms with Crippen LogP contribution in [-0.2, 0) is 33.4 Å². The molecule has 0 radical (unpaired) electrons. The number of ether oxygens (including phenoxy) is 3. The highest BCUT2D eigenvalue weighted by Gasteiger charge is 2.82. The summed E-state index contributed by atoms with van der Waals surface area (Å²) in [5.74, 6) is -20.9. The number of fused-ring (bicyclic) bond motifs is 4. The van der Waals surface area contributed by atoms with E-state index in [2.05, 4.69) is 211 Å². The molecule has 8 fully saturated rings. The SMILES string of the molecule is N=C1N[C@@H]2O[C@@H]3NC(=N)N[C@]34[C@H]([C@H](CNC(=O)c3cc(Br)c(Br)[nH]3)[C@@H](CNC(=O)c3cc(Br)c(Br)[nH]3)[C@@H]4O[C@H]3[C@H](CNC(=O)c4cc(Br)c(Br)[nH]4)[C@@H](CNC(=O)c4cc(Br)c(Br)[nH]4)[C@H]4[C@]5(O)NC(=N)N[C@@H]5O[C@@H]5NC(=N)N[C@]534)[C@]2(O)N1.O=C(O)C(F)(F)F.O=C(O)C(F)(F)F.O=C(O)C(F)(F)F.O=C(O)C(F)(F)F. The standard InChI is InChI=1S/C44H46Br8N20O9.4C2HF3O2/c45-13-1-17(61-25(13)49)29(73)57-5-9-11(7-59-31(75)19-3-15(47)27(51)63-19)23(41-21(9)43(77)35(67-39(55)71-43)80-33(41)65-37(53)69-41)79-24-12(8-60-32(76)20-4-16(48)28(52)64-20)10(6-58-30(74)18-2-14(46)26(50)62-18)22-42(24)34(66-38(54)70-42)81-36-44(22,78)72-40(56)68-36;4*3-2(4,5)1(6)7/h1-4,9-12,21-24,33-36,61-64,77-78H,5-8H2,(H,57,73)(H,58,74)(H,59,75)(H,60,76)(H3,53,65,69)(H3,54,66,70)(H3,55,67,71)(H3,56,68,72);4*(H,6,7)/t9-,10-,11-,12-,21-,22+,23+,24+,33+,34+,35-,36-,41+,42+,43-,44-;;;;/m1..../s1. The van der Waals surface area contributed by atoms with Crippen LogP contribution in [0.5, 0.6) is 0 Å². The van der Waals surface area contributed by atoms with E-state index in [0.717, 1.165) is 0 Å². The third-order valence-electron chi connectivity index (χ3n) is 17.4. The Hall–Kier alpha value is -7.24. The van der Waals surface area contributed by atoms with Gasteiger partial charge in [-0.2, -0.15) is 52.7 Å². The Morgan fingerprint density at radius 2 is 0.606 bits per heavy atom. The van der Waals surface area contributed by atoms with Gasteiger partial charge in [-0.15, -0.1) is 0 Å². The first-order valence-corrected chi connectivity index (χ1v) is 35.9. The van der Waals surface area contributed by atoms with E-state index in [1.165, 1.54) is 0 Å². The Kier molecular flexibility index (Phi) is 26.0. The van der Waals surface area contributed by atoms with Crippen molar-refractivity contribution in [3.8, 4) is 0 Å². The maximum Gasteiger partial charge on any atom is 0.490 e. The fourth-order valence-electron chi connectivity index (χ4n) is 13.5. The van der Waals surface area contributed by atoms with E-state index < -0.39 is 167 Å². The maximum absolute atomic E-state index is 14.4. The van der Waals surface area contributed by atoms with Crippen LogP contribution in [0.4, 0.5) is 52.7 Å². The first-order valence-electron chi connectivity index (χ1n) is 29.6. The van der Waals surface area contributed by atoms with Crippen LogP contribution in [0.3, 0.4) is 0 Å². The van der Waals surface area contributed by atoms with Gasteiger partial charge in [0, 0.05) is 49.9 Å². The first kappa shape index (κ1) is 87.3. The number of carboxylic acids is 4. The molecule has 6 aliphatic heterocycles. The van der Waals surface area contributed by atoms with Crippen molar-refractivity contribution in [2.24, 2.45) is 35.5 Å². The molecule has 600 valence electrons. The van der Waals surface area contributed by atoms with Crippen LogP contribution in [0.25, 0.3) is 0 Å². The van der Waals surface area contributed by atoms with E-state index in [9.17, 15) is 92.9 Å². The fraction of sp³-hybridized carbons (Fsp3) is 0.462. The molecule has 4 amide bonds. The summed E-state index contributed by atoms with van der Waals surface area (Å²) in [4.78, 5) is 105. The van der Waals surface area contributed by atoms with Crippen LogP contribution in [0.15, 0.2) is 60.6 Å². The van der Waals surface area contributed by atoms with Crippen molar-refractivity contribution in [1.29, 1.82) is 21.6 Å². The summed E-state index contributed by atoms with van der Waals surface area (Å²) in [5.41, 5.74) is -7.42. The van der Waals surface area contributed by atoms with E-state index >= 15 is 0 Å². The predicted molar refractivity (Wildman–Crippen MR) is 367 cm³/mol. The fourth-order valence-corrected chi connectivity index (χ4v) is 16.2. The van der Waals surface area contributed by atoms with E-state index in [1.54, 1.807) is 24.3 Å². The van der Waals surface area contributed by atoms with E-state index in [0.29, 0.717) is 36.3 Å². The van der Waals surface area contributed by atoms with Gasteiger partial charge in [0.25, 0.3) is 23.6 Å². The predicted octanol–water partition coefficient (Wildman–Crippen LogP) is 3.86. The number of alkyl halides is 12. The third kappa shape index (κ3) is 18.1. The summed E-state index contributed by atoms with van der Waals surface area (Å²) in [6.07, 6.45) is -28.4. The molecule has 8 aliphatic rings. The topological polar surface area (TPSA) is 589 Å². The zero-order valence-electron chi connectivity index (χ0n) is 52.8. The van der Waals surface area contributed by atoms with Gasteiger partial charge in [0.05, 0.1) is 48.5 Å². The van der Waals surface area contributed by atoms with Crippen LogP contribution in [0.1, 0.15) is 42.0 Å². The van der Waals surface area contributed by atoms with E-state index in [-0.39, 0.29) is 72.8 Å². The Bertz CT molecular complexity index is 3920. The molecule has 0 unspecified atom stereocenters. The molecule has 4 aromatic rings. The highest BCUT2D eigenvalue weighted by atomic mass is 79.9. The smallest absolute Gasteiger partial charge is 0.475 e. The lowest BCUT2D eigenvalue weighted by Gasteiger charge is -2.54. The summed E-state index contributed by atoms with van der Waals surface area (Å²) in [6, 6.07) is 6.28. The lowest BCUT2D eigenvalue weighted by Crippen LogP contribution is -2.78. The summed E-state index contributed by atoms with van der Waals surface area (Å²) in [6.45, 7) is -0.998. The average molecular weight is 2090 g/mol. The van der Waals surface area contributed by atoms with Crippen molar-refractivity contribution < 1.29 is 136 Å². The van der Waals surface area contributed by atoms with Gasteiger partial charge in [0.2, 0.25) is 0 Å². The average Bonchev–Trinajstić information content (AvgIpc) is 1.50. The molecule has 6 saturated heterocycles. The number of hydrogen-bond donors (Lipinski definition) is 26. The summed E-state index contributed by atoms with van der Waals surface area (Å²) >= 11 is 27.4. The van der Waals surface area contributed by atoms with Crippen LogP contribution in [-0.4, -0.2) is 232 Å². The Labute approximate surface area is 664 Å². The number of aromatic amines is 4. The molecule has 2 saturated carbocycles. The van der Waals surface area contributed by atoms with Gasteiger partial charge in [-0.3, -0.25) is 40.8 Å². The van der Waals surface area contributed by atoms with Crippen molar-refractivity contribution in [1.82, 2.24) is 83.7 Å². The lowest BCUT2D eigenvalue weighted by molar-refractivity contribution is -0.270. The van der Waals surface area contributed by atoms with Crippen molar-refractivity contribution >= 4 is 199 Å². The summed E-state index contributed by atoms with van der Waals surface area (Å²) < 4.78 is 152. The number of rotatable bonds is 14. The van der Waals surface area contributed by atoms with Crippen molar-refractivity contribution in [3.63, 3.8) is 0 Å². The normalized spacial score (nSPS) is 29.3. The minimum atomic E-state index is -5.08. The zero-order chi connectivity index (χ0) is 81.9. The van der Waals surface area contributed by atoms with Crippen LogP contribution < -0.4 is 63.8 Å². The number of guanidine groups is 4. The molecule has 0 bridgehead atoms. The molecule has 12 rings (SSSR count). The number of H-pyrrole nitrogens is 4. The molecule has 37 nitrogen and oxygen atoms in total. The summed E-state index contributed by atoms with van der Waals surface area (Å²) in [5, 5.41) is 128. The number of halogens is 20. The molecule has 0 aromatic carbocycles. The molecule has 57 heteroatoms. The first-order chi connectivity index (χ1) is 50.1. The Morgan fingerprint density at radius 3 is 0.817 bits per heavy atom. The van der Waals surface area contributed by atoms with E-state index in [1.807, 2.05) is 0 Å². The van der Waals surface area contributed by atoms with Gasteiger partial charge < -0.3 is 129 Å². The molecule has 10 heterocycles. The number of nitrogens with one attached hydrogen (secondary N) is 20. The molecular weight excluding hydrogens is 2040 g/mol. The van der Waals surface area contributed by atoms with Gasteiger partial charge in [-0.1, -0.05) is 0 Å². The van der Waals surface area contributed by atoms with Crippen LogP contribution in [0, 0.1) is 57.1 Å². The number of aliphatic hydroxyl groups is 2. The minimum absolute atomic E-state index is 0.149. The number of aromatic nitrogens is 4. The molecular formula is C52H50Br8F12N20O17. The van der Waals surface area contributed by atoms with Crippen LogP contribution >= 0.6 is 127 Å². The molecule has 2 aliphatic carbocycles. The van der Waals surface area contributed by atoms with Crippen LogP contribution in [0.2, 0.25) is 0 Å². The van der Waals surface area contributed by atoms with Gasteiger partial charge in [0.1, 0.15) is 33.9 Å². The van der Waals surface area contributed by atoms with Gasteiger partial charge in [-0.25, -0.2) is 19.2 Å². The minimum Gasteiger partial charge on any atom is -0.475 e. The number of carbonyl (C=O) groups is 8. The summed E-state index contributed by atoms with van der Waals surface area (Å²) in [7, 11) is 0. The molecule has 2 spiro atoms. The zero-order valence-corrected chi connectivity index (χ0v) is 65.5. The number of hydrogen-bond acceptors (Lipinski definition) is 17.